The molecule has 8 heteroatoms. The summed E-state index contributed by atoms with van der Waals surface area (Å²) in [4.78, 5) is 25.5. The topological polar surface area (TPSA) is 96.7 Å². The zero-order valence-electron chi connectivity index (χ0n) is 15.8. The van der Waals surface area contributed by atoms with Gasteiger partial charge in [-0.3, -0.25) is 19.8 Å². The maximum atomic E-state index is 12.5. The lowest BCUT2D eigenvalue weighted by Crippen LogP contribution is -2.36. The van der Waals surface area contributed by atoms with Gasteiger partial charge in [0.2, 0.25) is 0 Å². The molecule has 1 fully saturated rings. The largest absolute Gasteiger partial charge is 0.383 e. The fourth-order valence-electron chi connectivity index (χ4n) is 3.20. The minimum atomic E-state index is -0.500. The van der Waals surface area contributed by atoms with Gasteiger partial charge >= 0.3 is 0 Å². The highest BCUT2D eigenvalue weighted by Crippen LogP contribution is 2.25. The van der Waals surface area contributed by atoms with Gasteiger partial charge in [0.25, 0.3) is 11.6 Å². The molecular weight excluding hydrogens is 360 g/mol. The summed E-state index contributed by atoms with van der Waals surface area (Å²) in [6.07, 6.45) is 0. The Kier molecular flexibility index (Phi) is 6.57. The van der Waals surface area contributed by atoms with Crippen molar-refractivity contribution in [3.63, 3.8) is 0 Å². The van der Waals surface area contributed by atoms with Gasteiger partial charge in [-0.25, -0.2) is 0 Å². The maximum Gasteiger partial charge on any atom is 0.293 e. The monoisotopic (exact) mass is 384 g/mol. The third kappa shape index (κ3) is 4.85. The lowest BCUT2D eigenvalue weighted by atomic mass is 10.1. The fraction of sp³-hybridized carbons (Fsp3) is 0.350. The number of anilines is 1. The number of rotatable bonds is 7. The highest BCUT2D eigenvalue weighted by Gasteiger charge is 2.17. The van der Waals surface area contributed by atoms with Gasteiger partial charge in [0.1, 0.15) is 5.69 Å². The van der Waals surface area contributed by atoms with Gasteiger partial charge in [0.05, 0.1) is 18.1 Å². The van der Waals surface area contributed by atoms with Crippen LogP contribution in [-0.2, 0) is 17.8 Å². The third-order valence-corrected chi connectivity index (χ3v) is 4.78. The summed E-state index contributed by atoms with van der Waals surface area (Å²) in [5.41, 5.74) is 2.70. The minimum absolute atomic E-state index is 0.122. The number of morpholine rings is 1. The van der Waals surface area contributed by atoms with E-state index in [1.54, 1.807) is 19.2 Å². The van der Waals surface area contributed by atoms with Crippen molar-refractivity contribution in [2.75, 3.05) is 38.7 Å². The van der Waals surface area contributed by atoms with Gasteiger partial charge < -0.3 is 15.4 Å². The zero-order chi connectivity index (χ0) is 19.9. The normalized spacial score (nSPS) is 14.5. The SMILES string of the molecule is CNc1ccc(C(=O)NCc2ccccc2CN2CCOCC2)cc1[N+](=O)[O-]. The smallest absolute Gasteiger partial charge is 0.293 e. The van der Waals surface area contributed by atoms with E-state index in [0.717, 1.165) is 44.0 Å². The van der Waals surface area contributed by atoms with Crippen molar-refractivity contribution in [2.45, 2.75) is 13.1 Å². The molecule has 1 heterocycles. The number of carbonyl (C=O) groups excluding carboxylic acids is 1. The summed E-state index contributed by atoms with van der Waals surface area (Å²) in [7, 11) is 1.60. The molecule has 148 valence electrons. The Morgan fingerprint density at radius 1 is 1.18 bits per heavy atom. The molecule has 0 unspecified atom stereocenters. The molecule has 0 radical (unpaired) electrons. The van der Waals surface area contributed by atoms with Crippen LogP contribution in [0.5, 0.6) is 0 Å². The molecule has 3 rings (SSSR count). The van der Waals surface area contributed by atoms with Gasteiger partial charge in [-0.1, -0.05) is 24.3 Å². The Morgan fingerprint density at radius 2 is 1.89 bits per heavy atom. The van der Waals surface area contributed by atoms with Crippen LogP contribution in [-0.4, -0.2) is 49.1 Å². The van der Waals surface area contributed by atoms with E-state index in [1.807, 2.05) is 18.2 Å². The van der Waals surface area contributed by atoms with Crippen LogP contribution in [0.25, 0.3) is 0 Å². The summed E-state index contributed by atoms with van der Waals surface area (Å²) in [5, 5.41) is 16.8. The summed E-state index contributed by atoms with van der Waals surface area (Å²) >= 11 is 0. The van der Waals surface area contributed by atoms with Crippen molar-refractivity contribution in [1.82, 2.24) is 10.2 Å². The molecule has 0 saturated carbocycles. The quantitative estimate of drug-likeness (QED) is 0.562. The van der Waals surface area contributed by atoms with Crippen molar-refractivity contribution < 1.29 is 14.5 Å². The summed E-state index contributed by atoms with van der Waals surface area (Å²) in [6, 6.07) is 12.4. The number of nitrogens with one attached hydrogen (secondary N) is 2. The predicted molar refractivity (Wildman–Crippen MR) is 106 cm³/mol. The number of nitrogens with zero attached hydrogens (tertiary/aromatic N) is 2. The van der Waals surface area contributed by atoms with Gasteiger partial charge in [-0.05, 0) is 23.3 Å². The van der Waals surface area contributed by atoms with E-state index in [2.05, 4.69) is 21.6 Å². The number of amides is 1. The van der Waals surface area contributed by atoms with Gasteiger partial charge in [-0.15, -0.1) is 0 Å². The van der Waals surface area contributed by atoms with E-state index in [0.29, 0.717) is 12.2 Å². The van der Waals surface area contributed by atoms with Crippen LogP contribution in [0.15, 0.2) is 42.5 Å². The fourth-order valence-corrected chi connectivity index (χ4v) is 3.20. The third-order valence-electron chi connectivity index (χ3n) is 4.78. The van der Waals surface area contributed by atoms with Gasteiger partial charge in [-0.2, -0.15) is 0 Å². The number of benzene rings is 2. The van der Waals surface area contributed by atoms with E-state index in [-0.39, 0.29) is 17.2 Å². The Balaban J connectivity index is 1.68. The first-order valence-electron chi connectivity index (χ1n) is 9.19. The molecule has 0 spiro atoms. The Hall–Kier alpha value is -2.97. The summed E-state index contributed by atoms with van der Waals surface area (Å²) < 4.78 is 5.39. The molecule has 28 heavy (non-hydrogen) atoms. The standard InChI is InChI=1S/C20H24N4O4/c1-21-18-7-6-15(12-19(18)24(26)27)20(25)22-13-16-4-2-3-5-17(16)14-23-8-10-28-11-9-23/h2-7,12,21H,8-11,13-14H2,1H3,(H,22,25). The number of hydrogen-bond acceptors (Lipinski definition) is 6. The second-order valence-corrected chi connectivity index (χ2v) is 6.58. The van der Waals surface area contributed by atoms with Crippen LogP contribution < -0.4 is 10.6 Å². The second-order valence-electron chi connectivity index (χ2n) is 6.58. The van der Waals surface area contributed by atoms with Crippen LogP contribution in [0.2, 0.25) is 0 Å². The molecule has 2 aromatic rings. The average Bonchev–Trinajstić information content (AvgIpc) is 2.73. The molecule has 1 amide bonds. The van der Waals surface area contributed by atoms with Gasteiger partial charge in [0, 0.05) is 44.9 Å². The van der Waals surface area contributed by atoms with E-state index in [4.69, 9.17) is 4.74 Å². The molecule has 1 aliphatic rings. The molecule has 1 saturated heterocycles. The minimum Gasteiger partial charge on any atom is -0.383 e. The highest BCUT2D eigenvalue weighted by molar-refractivity contribution is 5.95. The Bertz CT molecular complexity index is 850. The lowest BCUT2D eigenvalue weighted by molar-refractivity contribution is -0.384. The summed E-state index contributed by atoms with van der Waals surface area (Å²) in [5.74, 6) is -0.341. The van der Waals surface area contributed by atoms with Gasteiger partial charge in [0.15, 0.2) is 0 Å². The molecule has 2 aromatic carbocycles. The number of nitro groups is 1. The highest BCUT2D eigenvalue weighted by atomic mass is 16.6. The van der Waals surface area contributed by atoms with E-state index in [9.17, 15) is 14.9 Å². The Labute approximate surface area is 163 Å². The molecule has 1 aliphatic heterocycles. The van der Waals surface area contributed by atoms with Crippen LogP contribution in [0, 0.1) is 10.1 Å². The van der Waals surface area contributed by atoms with Crippen molar-refractivity contribution >= 4 is 17.3 Å². The predicted octanol–water partition coefficient (Wildman–Crippen LogP) is 2.40. The second kappa shape index (κ2) is 9.29. The molecule has 2 N–H and O–H groups in total. The van der Waals surface area contributed by atoms with E-state index >= 15 is 0 Å². The number of carbonyl (C=O) groups is 1. The average molecular weight is 384 g/mol. The van der Waals surface area contributed by atoms with Crippen molar-refractivity contribution in [1.29, 1.82) is 0 Å². The van der Waals surface area contributed by atoms with Crippen molar-refractivity contribution in [3.05, 3.63) is 69.3 Å². The molecule has 0 aromatic heterocycles. The van der Waals surface area contributed by atoms with E-state index < -0.39 is 4.92 Å². The van der Waals surface area contributed by atoms with E-state index in [1.165, 1.54) is 6.07 Å². The molecule has 0 atom stereocenters. The molecule has 8 nitrogen and oxygen atoms in total. The van der Waals surface area contributed by atoms with Crippen molar-refractivity contribution in [2.24, 2.45) is 0 Å². The zero-order valence-corrected chi connectivity index (χ0v) is 15.8. The molecule has 0 aliphatic carbocycles. The molecule has 0 bridgehead atoms. The number of hydrogen-bond donors (Lipinski definition) is 2. The lowest BCUT2D eigenvalue weighted by Gasteiger charge is -2.27. The van der Waals surface area contributed by atoms with Crippen LogP contribution in [0.4, 0.5) is 11.4 Å². The van der Waals surface area contributed by atoms with Crippen LogP contribution >= 0.6 is 0 Å². The summed E-state index contributed by atoms with van der Waals surface area (Å²) in [6.45, 7) is 4.42. The maximum absolute atomic E-state index is 12.5. The first kappa shape index (κ1) is 19.8. The Morgan fingerprint density at radius 3 is 2.57 bits per heavy atom. The first-order chi connectivity index (χ1) is 13.6. The number of nitro benzene ring substituents is 1. The molecular formula is C20H24N4O4. The van der Waals surface area contributed by atoms with Crippen molar-refractivity contribution in [3.8, 4) is 0 Å². The van der Waals surface area contributed by atoms with Crippen LogP contribution in [0.3, 0.4) is 0 Å². The number of ether oxygens (including phenoxy) is 1. The van der Waals surface area contributed by atoms with Crippen LogP contribution in [0.1, 0.15) is 21.5 Å². The first-order valence-corrected chi connectivity index (χ1v) is 9.19.